The second kappa shape index (κ2) is 7.11. The quantitative estimate of drug-likeness (QED) is 0.690. The van der Waals surface area contributed by atoms with E-state index in [1.165, 1.54) is 5.56 Å². The van der Waals surface area contributed by atoms with Gasteiger partial charge in [-0.1, -0.05) is 32.0 Å². The van der Waals surface area contributed by atoms with Crippen LogP contribution in [-0.2, 0) is 0 Å². The normalized spacial score (nSPS) is 12.3. The zero-order valence-corrected chi connectivity index (χ0v) is 15.5. The van der Waals surface area contributed by atoms with Crippen molar-refractivity contribution < 1.29 is 9.47 Å². The van der Waals surface area contributed by atoms with E-state index in [-0.39, 0.29) is 6.79 Å². The maximum Gasteiger partial charge on any atom is 0.249 e. The molecule has 1 aliphatic heterocycles. The molecule has 0 saturated carbocycles. The van der Waals surface area contributed by atoms with Crippen molar-refractivity contribution in [2.75, 3.05) is 17.4 Å². The van der Waals surface area contributed by atoms with Gasteiger partial charge in [0, 0.05) is 17.4 Å². The highest BCUT2D eigenvalue weighted by Gasteiger charge is 2.14. The number of hydrogen-bond donors (Lipinski definition) is 2. The molecule has 2 N–H and O–H groups in total. The fourth-order valence-corrected chi connectivity index (χ4v) is 2.99. The smallest absolute Gasteiger partial charge is 0.249 e. The summed E-state index contributed by atoms with van der Waals surface area (Å²) in [4.78, 5) is 4.53. The summed E-state index contributed by atoms with van der Waals surface area (Å²) in [6.45, 7) is 6.64. The average Bonchev–Trinajstić information content (AvgIpc) is 3.11. The summed E-state index contributed by atoms with van der Waals surface area (Å²) in [5, 5.41) is 14.7. The summed E-state index contributed by atoms with van der Waals surface area (Å²) in [7, 11) is 0. The molecule has 0 bridgehead atoms. The van der Waals surface area contributed by atoms with Gasteiger partial charge in [-0.2, -0.15) is 10.1 Å². The Labute approximate surface area is 157 Å². The monoisotopic (exact) mass is 363 g/mol. The molecular formula is C20H21N5O2. The molecule has 1 aliphatic rings. The van der Waals surface area contributed by atoms with Crippen LogP contribution < -0.4 is 20.1 Å². The third kappa shape index (κ3) is 3.62. The highest BCUT2D eigenvalue weighted by Crippen LogP contribution is 2.35. The Morgan fingerprint density at radius 3 is 2.74 bits per heavy atom. The molecule has 1 aromatic heterocycles. The van der Waals surface area contributed by atoms with Gasteiger partial charge in [-0.3, -0.25) is 0 Å². The van der Waals surface area contributed by atoms with Crippen molar-refractivity contribution in [1.29, 1.82) is 0 Å². The van der Waals surface area contributed by atoms with E-state index in [4.69, 9.17) is 9.47 Å². The van der Waals surface area contributed by atoms with Crippen LogP contribution in [-0.4, -0.2) is 22.0 Å². The van der Waals surface area contributed by atoms with Crippen LogP contribution in [0.25, 0.3) is 0 Å². The first-order valence-corrected chi connectivity index (χ1v) is 8.83. The van der Waals surface area contributed by atoms with Crippen molar-refractivity contribution in [2.45, 2.75) is 26.7 Å². The number of nitrogens with one attached hydrogen (secondary N) is 2. The Kier molecular flexibility index (Phi) is 4.50. The minimum absolute atomic E-state index is 0.247. The number of hydrogen-bond acceptors (Lipinski definition) is 7. The Morgan fingerprint density at radius 1 is 1.04 bits per heavy atom. The van der Waals surface area contributed by atoms with Gasteiger partial charge in [0.2, 0.25) is 12.7 Å². The molecule has 2 heterocycles. The Hall–Kier alpha value is -3.35. The first kappa shape index (κ1) is 17.1. The lowest BCUT2D eigenvalue weighted by molar-refractivity contribution is 0.174. The molecule has 0 saturated heterocycles. The van der Waals surface area contributed by atoms with Crippen LogP contribution in [0.5, 0.6) is 11.5 Å². The van der Waals surface area contributed by atoms with Crippen LogP contribution in [0, 0.1) is 6.92 Å². The molecule has 27 heavy (non-hydrogen) atoms. The van der Waals surface area contributed by atoms with Gasteiger partial charge < -0.3 is 20.1 Å². The van der Waals surface area contributed by atoms with Crippen LogP contribution >= 0.6 is 0 Å². The molecule has 0 radical (unpaired) electrons. The summed E-state index contributed by atoms with van der Waals surface area (Å²) >= 11 is 0. The number of aryl methyl sites for hydroxylation is 1. The summed E-state index contributed by atoms with van der Waals surface area (Å²) in [6, 6.07) is 11.9. The summed E-state index contributed by atoms with van der Waals surface area (Å²) < 4.78 is 10.7. The van der Waals surface area contributed by atoms with E-state index in [0.29, 0.717) is 23.4 Å². The van der Waals surface area contributed by atoms with Gasteiger partial charge in [0.25, 0.3) is 0 Å². The highest BCUT2D eigenvalue weighted by molar-refractivity contribution is 5.66. The van der Waals surface area contributed by atoms with Crippen molar-refractivity contribution in [1.82, 2.24) is 15.2 Å². The molecule has 0 fully saturated rings. The van der Waals surface area contributed by atoms with Gasteiger partial charge in [0.1, 0.15) is 0 Å². The molecule has 7 heteroatoms. The van der Waals surface area contributed by atoms with Crippen molar-refractivity contribution in [3.05, 3.63) is 53.7 Å². The summed E-state index contributed by atoms with van der Waals surface area (Å²) in [5.74, 6) is 2.87. The van der Waals surface area contributed by atoms with Crippen molar-refractivity contribution >= 4 is 23.1 Å². The fourth-order valence-electron chi connectivity index (χ4n) is 2.99. The molecule has 138 valence electrons. The maximum absolute atomic E-state index is 5.41. The number of benzene rings is 2. The van der Waals surface area contributed by atoms with Gasteiger partial charge in [-0.15, -0.1) is 5.10 Å². The lowest BCUT2D eigenvalue weighted by Crippen LogP contribution is -2.06. The van der Waals surface area contributed by atoms with Crippen LogP contribution in [0.1, 0.15) is 30.9 Å². The first-order chi connectivity index (χ1) is 13.1. The van der Waals surface area contributed by atoms with Crippen LogP contribution in [0.4, 0.5) is 23.1 Å². The van der Waals surface area contributed by atoms with E-state index in [1.807, 2.05) is 18.2 Å². The molecule has 0 amide bonds. The topological polar surface area (TPSA) is 81.2 Å². The molecular weight excluding hydrogens is 342 g/mol. The largest absolute Gasteiger partial charge is 0.454 e. The van der Waals surface area contributed by atoms with E-state index < -0.39 is 0 Å². The van der Waals surface area contributed by atoms with Gasteiger partial charge in [-0.25, -0.2) is 0 Å². The summed E-state index contributed by atoms with van der Waals surface area (Å²) in [5.41, 5.74) is 4.21. The van der Waals surface area contributed by atoms with E-state index in [0.717, 1.165) is 22.7 Å². The Bertz CT molecular complexity index is 974. The van der Waals surface area contributed by atoms with Crippen LogP contribution in [0.3, 0.4) is 0 Å². The molecule has 4 rings (SSSR count). The molecule has 0 atom stereocenters. The molecule has 0 aliphatic carbocycles. The van der Waals surface area contributed by atoms with E-state index in [1.54, 1.807) is 6.20 Å². The zero-order chi connectivity index (χ0) is 18.8. The zero-order valence-electron chi connectivity index (χ0n) is 15.5. The number of aromatic nitrogens is 3. The number of ether oxygens (including phenoxy) is 2. The van der Waals surface area contributed by atoms with Crippen molar-refractivity contribution in [3.8, 4) is 11.5 Å². The molecule has 3 aromatic rings. The van der Waals surface area contributed by atoms with E-state index in [2.05, 4.69) is 64.8 Å². The number of nitrogens with zero attached hydrogens (tertiary/aromatic N) is 3. The molecule has 2 aromatic carbocycles. The molecule has 7 nitrogen and oxygen atoms in total. The van der Waals surface area contributed by atoms with E-state index >= 15 is 0 Å². The van der Waals surface area contributed by atoms with Gasteiger partial charge in [0.15, 0.2) is 17.3 Å². The number of anilines is 4. The van der Waals surface area contributed by atoms with Gasteiger partial charge in [-0.05, 0) is 36.1 Å². The number of rotatable bonds is 5. The third-order valence-electron chi connectivity index (χ3n) is 4.37. The minimum Gasteiger partial charge on any atom is -0.454 e. The minimum atomic E-state index is 0.247. The van der Waals surface area contributed by atoms with Crippen molar-refractivity contribution in [3.63, 3.8) is 0 Å². The van der Waals surface area contributed by atoms with Gasteiger partial charge in [0.05, 0.1) is 6.20 Å². The standard InChI is InChI=1S/C20H21N5O2/c1-12(2)15-6-4-5-13(3)19(15)24-20-23-18(10-21-25-20)22-14-7-8-16-17(9-14)27-11-26-16/h4-10,12H,11H2,1-3H3,(H2,22,23,24,25). The predicted molar refractivity (Wildman–Crippen MR) is 104 cm³/mol. The lowest BCUT2D eigenvalue weighted by Gasteiger charge is -2.16. The number of fused-ring (bicyclic) bond motifs is 1. The van der Waals surface area contributed by atoms with Gasteiger partial charge >= 0.3 is 0 Å². The third-order valence-corrected chi connectivity index (χ3v) is 4.37. The second-order valence-electron chi connectivity index (χ2n) is 6.68. The fraction of sp³-hybridized carbons (Fsp3) is 0.250. The lowest BCUT2D eigenvalue weighted by atomic mass is 9.98. The maximum atomic E-state index is 5.41. The molecule has 0 unspecified atom stereocenters. The van der Waals surface area contributed by atoms with E-state index in [9.17, 15) is 0 Å². The summed E-state index contributed by atoms with van der Waals surface area (Å²) in [6.07, 6.45) is 1.58. The second-order valence-corrected chi connectivity index (χ2v) is 6.68. The Balaban J connectivity index is 1.57. The van der Waals surface area contributed by atoms with Crippen molar-refractivity contribution in [2.24, 2.45) is 0 Å². The molecule has 0 spiro atoms. The Morgan fingerprint density at radius 2 is 1.89 bits per heavy atom. The van der Waals surface area contributed by atoms with Crippen LogP contribution in [0.15, 0.2) is 42.6 Å². The predicted octanol–water partition coefficient (Wildman–Crippen LogP) is 4.52. The highest BCUT2D eigenvalue weighted by atomic mass is 16.7. The first-order valence-electron chi connectivity index (χ1n) is 8.83. The SMILES string of the molecule is Cc1cccc(C(C)C)c1Nc1nncc(Nc2ccc3c(c2)OCO3)n1. The average molecular weight is 363 g/mol. The van der Waals surface area contributed by atoms with Crippen LogP contribution in [0.2, 0.25) is 0 Å². The number of para-hydroxylation sites is 1.